The van der Waals surface area contributed by atoms with Crippen molar-refractivity contribution in [2.24, 2.45) is 0 Å². The zero-order valence-corrected chi connectivity index (χ0v) is 16.5. The Morgan fingerprint density at radius 2 is 1.73 bits per heavy atom. The van der Waals surface area contributed by atoms with E-state index in [1.165, 1.54) is 25.3 Å². The number of carbonyl (C=O) groups excluding carboxylic acids is 1. The number of halogens is 1. The number of para-hydroxylation sites is 1. The van der Waals surface area contributed by atoms with Crippen molar-refractivity contribution in [3.8, 4) is 17.2 Å². The maximum atomic E-state index is 13.0. The molecule has 4 rings (SSSR count). The lowest BCUT2D eigenvalue weighted by molar-refractivity contribution is 0.101. The summed E-state index contributed by atoms with van der Waals surface area (Å²) in [6.07, 6.45) is 1.55. The van der Waals surface area contributed by atoms with Crippen molar-refractivity contribution in [1.82, 2.24) is 0 Å². The third-order valence-corrected chi connectivity index (χ3v) is 5.64. The molecule has 1 aliphatic rings. The minimum absolute atomic E-state index is 0.0376. The van der Waals surface area contributed by atoms with E-state index in [1.54, 1.807) is 30.3 Å². The van der Waals surface area contributed by atoms with Crippen LogP contribution in [0.15, 0.2) is 77.4 Å². The van der Waals surface area contributed by atoms with Crippen molar-refractivity contribution in [1.29, 1.82) is 0 Å². The number of hydrogen-bond acceptors (Lipinski definition) is 6. The monoisotopic (exact) mass is 426 g/mol. The summed E-state index contributed by atoms with van der Waals surface area (Å²) in [5, 5.41) is 0. The summed E-state index contributed by atoms with van der Waals surface area (Å²) in [5.74, 6) is -0.117. The van der Waals surface area contributed by atoms with Gasteiger partial charge in [0.15, 0.2) is 5.76 Å². The van der Waals surface area contributed by atoms with Crippen molar-refractivity contribution in [3.05, 3.63) is 89.4 Å². The molecule has 0 atom stereocenters. The molecule has 1 aliphatic heterocycles. The lowest BCUT2D eigenvalue weighted by Gasteiger charge is -2.08. The van der Waals surface area contributed by atoms with Crippen LogP contribution in [0.4, 0.5) is 4.39 Å². The maximum absolute atomic E-state index is 13.0. The van der Waals surface area contributed by atoms with Crippen LogP contribution in [-0.2, 0) is 10.1 Å². The van der Waals surface area contributed by atoms with Crippen LogP contribution >= 0.6 is 0 Å². The van der Waals surface area contributed by atoms with Gasteiger partial charge in [0, 0.05) is 11.6 Å². The highest BCUT2D eigenvalue weighted by molar-refractivity contribution is 7.87. The first kappa shape index (κ1) is 19.7. The molecule has 0 saturated carbocycles. The SMILES string of the molecule is COc1ccccc1C=C1Oc2cc(OS(=O)(=O)c3ccc(F)cc3)ccc2C1=O. The number of benzene rings is 3. The van der Waals surface area contributed by atoms with Gasteiger partial charge in [0.05, 0.1) is 12.7 Å². The first-order valence-corrected chi connectivity index (χ1v) is 10.2. The summed E-state index contributed by atoms with van der Waals surface area (Å²) in [7, 11) is -2.65. The highest BCUT2D eigenvalue weighted by atomic mass is 32.2. The van der Waals surface area contributed by atoms with Crippen LogP contribution in [0.25, 0.3) is 6.08 Å². The Balaban J connectivity index is 1.61. The fourth-order valence-electron chi connectivity index (χ4n) is 2.92. The molecule has 0 saturated heterocycles. The van der Waals surface area contributed by atoms with Crippen molar-refractivity contribution in [2.75, 3.05) is 7.11 Å². The molecule has 0 radical (unpaired) electrons. The topological polar surface area (TPSA) is 78.9 Å². The second-order valence-corrected chi connectivity index (χ2v) is 7.88. The number of methoxy groups -OCH3 is 1. The molecule has 6 nitrogen and oxygen atoms in total. The number of ether oxygens (including phenoxy) is 2. The Labute approximate surface area is 172 Å². The third-order valence-electron chi connectivity index (χ3n) is 4.38. The van der Waals surface area contributed by atoms with Crippen molar-refractivity contribution in [3.63, 3.8) is 0 Å². The van der Waals surface area contributed by atoms with Crippen LogP contribution in [0, 0.1) is 5.82 Å². The molecule has 0 amide bonds. The van der Waals surface area contributed by atoms with Gasteiger partial charge in [-0.2, -0.15) is 8.42 Å². The van der Waals surface area contributed by atoms with Crippen LogP contribution < -0.4 is 13.7 Å². The van der Waals surface area contributed by atoms with Crippen molar-refractivity contribution < 1.29 is 31.3 Å². The Morgan fingerprint density at radius 3 is 2.47 bits per heavy atom. The number of Topliss-reactive ketones (excluding diaryl/α,β-unsaturated/α-hetero) is 1. The Kier molecular flexibility index (Phi) is 5.01. The van der Waals surface area contributed by atoms with E-state index in [4.69, 9.17) is 13.7 Å². The molecule has 0 aromatic heterocycles. The molecular formula is C22H15FO6S. The predicted molar refractivity (Wildman–Crippen MR) is 107 cm³/mol. The smallest absolute Gasteiger partial charge is 0.339 e. The number of allylic oxidation sites excluding steroid dienone is 1. The summed E-state index contributed by atoms with van der Waals surface area (Å²) in [4.78, 5) is 12.4. The van der Waals surface area contributed by atoms with Gasteiger partial charge >= 0.3 is 10.1 Å². The van der Waals surface area contributed by atoms with Crippen LogP contribution in [0.5, 0.6) is 17.2 Å². The molecule has 0 fully saturated rings. The lowest BCUT2D eigenvalue weighted by atomic mass is 10.1. The second kappa shape index (κ2) is 7.64. The van der Waals surface area contributed by atoms with E-state index < -0.39 is 15.9 Å². The highest BCUT2D eigenvalue weighted by Gasteiger charge is 2.29. The fraction of sp³-hybridized carbons (Fsp3) is 0.0455. The second-order valence-electron chi connectivity index (χ2n) is 6.33. The summed E-state index contributed by atoms with van der Waals surface area (Å²) < 4.78 is 53.8. The maximum Gasteiger partial charge on any atom is 0.339 e. The molecule has 8 heteroatoms. The number of fused-ring (bicyclic) bond motifs is 1. The van der Waals surface area contributed by atoms with Gasteiger partial charge in [-0.3, -0.25) is 4.79 Å². The van der Waals surface area contributed by atoms with E-state index in [1.807, 2.05) is 0 Å². The molecule has 1 heterocycles. The summed E-state index contributed by atoms with van der Waals surface area (Å²) in [5.41, 5.74) is 0.939. The number of rotatable bonds is 5. The fourth-order valence-corrected chi connectivity index (χ4v) is 3.84. The largest absolute Gasteiger partial charge is 0.496 e. The van der Waals surface area contributed by atoms with Crippen LogP contribution in [0.2, 0.25) is 0 Å². The molecule has 3 aromatic rings. The molecular weight excluding hydrogens is 411 g/mol. The highest BCUT2D eigenvalue weighted by Crippen LogP contribution is 2.36. The predicted octanol–water partition coefficient (Wildman–Crippen LogP) is 4.22. The Morgan fingerprint density at radius 1 is 1.00 bits per heavy atom. The van der Waals surface area contributed by atoms with Gasteiger partial charge in [0.2, 0.25) is 5.78 Å². The number of hydrogen-bond donors (Lipinski definition) is 0. The van der Waals surface area contributed by atoms with Crippen molar-refractivity contribution in [2.45, 2.75) is 4.90 Å². The van der Waals surface area contributed by atoms with Crippen molar-refractivity contribution >= 4 is 22.0 Å². The van der Waals surface area contributed by atoms with E-state index in [2.05, 4.69) is 0 Å². The van der Waals surface area contributed by atoms with Gasteiger partial charge in [-0.15, -0.1) is 0 Å². The van der Waals surface area contributed by atoms with Gasteiger partial charge in [0.25, 0.3) is 0 Å². The molecule has 3 aromatic carbocycles. The number of carbonyl (C=O) groups is 1. The minimum Gasteiger partial charge on any atom is -0.496 e. The molecule has 0 unspecified atom stereocenters. The summed E-state index contributed by atoms with van der Waals surface area (Å²) >= 11 is 0. The average molecular weight is 426 g/mol. The molecule has 0 aliphatic carbocycles. The lowest BCUT2D eigenvalue weighted by Crippen LogP contribution is -2.09. The molecule has 0 bridgehead atoms. The average Bonchev–Trinajstić information content (AvgIpc) is 3.03. The Bertz CT molecular complexity index is 1260. The van der Waals surface area contributed by atoms with Crippen LogP contribution in [0.3, 0.4) is 0 Å². The minimum atomic E-state index is -4.17. The van der Waals surface area contributed by atoms with E-state index in [9.17, 15) is 17.6 Å². The van der Waals surface area contributed by atoms with E-state index in [-0.39, 0.29) is 33.5 Å². The number of ketones is 1. The van der Waals surface area contributed by atoms with Gasteiger partial charge in [-0.05, 0) is 48.5 Å². The molecule has 30 heavy (non-hydrogen) atoms. The normalized spacial score (nSPS) is 14.3. The molecule has 0 spiro atoms. The van der Waals surface area contributed by atoms with Gasteiger partial charge < -0.3 is 13.7 Å². The third kappa shape index (κ3) is 3.77. The van der Waals surface area contributed by atoms with E-state index in [0.29, 0.717) is 11.3 Å². The first-order chi connectivity index (χ1) is 14.4. The quantitative estimate of drug-likeness (QED) is 0.449. The molecule has 152 valence electrons. The van der Waals surface area contributed by atoms with Crippen LogP contribution in [-0.4, -0.2) is 21.3 Å². The van der Waals surface area contributed by atoms with Crippen LogP contribution in [0.1, 0.15) is 15.9 Å². The zero-order chi connectivity index (χ0) is 21.3. The summed E-state index contributed by atoms with van der Waals surface area (Å²) in [6, 6.07) is 15.5. The van der Waals surface area contributed by atoms with E-state index >= 15 is 0 Å². The van der Waals surface area contributed by atoms with Gasteiger partial charge in [-0.1, -0.05) is 18.2 Å². The summed E-state index contributed by atoms with van der Waals surface area (Å²) in [6.45, 7) is 0. The Hall–Kier alpha value is -3.65. The van der Waals surface area contributed by atoms with Gasteiger partial charge in [0.1, 0.15) is 28.0 Å². The molecule has 0 N–H and O–H groups in total. The van der Waals surface area contributed by atoms with Gasteiger partial charge in [-0.25, -0.2) is 4.39 Å². The first-order valence-electron chi connectivity index (χ1n) is 8.79. The van der Waals surface area contributed by atoms with E-state index in [0.717, 1.165) is 24.3 Å². The standard InChI is InChI=1S/C22H15FO6S/c1-27-19-5-3-2-4-14(19)12-21-22(24)18-11-8-16(13-20(18)28-21)29-30(25,26)17-9-6-15(23)7-10-17/h2-13H,1H3. The zero-order valence-electron chi connectivity index (χ0n) is 15.7.